The third kappa shape index (κ3) is 4.87. The van der Waals surface area contributed by atoms with Gasteiger partial charge < -0.3 is 19.3 Å². The molecule has 2 saturated heterocycles. The number of carbonyl (C=O) groups is 1. The Bertz CT molecular complexity index is 861. The number of ether oxygens (including phenoxy) is 2. The summed E-state index contributed by atoms with van der Waals surface area (Å²) in [6.07, 6.45) is 3.34. The molecule has 0 aliphatic carbocycles. The largest absolute Gasteiger partial charge is 0.439 e. The molecule has 1 aromatic carbocycles. The van der Waals surface area contributed by atoms with Gasteiger partial charge in [0.25, 0.3) is 0 Å². The van der Waals surface area contributed by atoms with Gasteiger partial charge >= 0.3 is 0 Å². The highest BCUT2D eigenvalue weighted by atomic mass is 19.1. The van der Waals surface area contributed by atoms with E-state index in [0.717, 1.165) is 12.8 Å². The number of aromatic nitrogens is 2. The molecule has 0 bridgehead atoms. The number of anilines is 1. The molecule has 2 fully saturated rings. The van der Waals surface area contributed by atoms with E-state index in [4.69, 9.17) is 9.47 Å². The maximum absolute atomic E-state index is 13.1. The average molecular weight is 414 g/mol. The zero-order chi connectivity index (χ0) is 21.1. The molecule has 8 heteroatoms. The van der Waals surface area contributed by atoms with Crippen molar-refractivity contribution in [1.82, 2.24) is 14.9 Å². The topological polar surface area (TPSA) is 67.8 Å². The number of hydrogen-bond donors (Lipinski definition) is 0. The monoisotopic (exact) mass is 414 g/mol. The second-order valence-corrected chi connectivity index (χ2v) is 8.01. The number of halogens is 1. The molecule has 30 heavy (non-hydrogen) atoms. The van der Waals surface area contributed by atoms with Crippen molar-refractivity contribution in [2.24, 2.45) is 5.92 Å². The van der Waals surface area contributed by atoms with Gasteiger partial charge in [0, 0.05) is 44.4 Å². The summed E-state index contributed by atoms with van der Waals surface area (Å²) in [4.78, 5) is 25.8. The van der Waals surface area contributed by atoms with Crippen molar-refractivity contribution in [2.75, 3.05) is 31.1 Å². The van der Waals surface area contributed by atoms with E-state index in [2.05, 4.69) is 14.9 Å². The third-order valence-electron chi connectivity index (χ3n) is 5.51. The van der Waals surface area contributed by atoms with Crippen LogP contribution >= 0.6 is 0 Å². The fourth-order valence-electron chi connectivity index (χ4n) is 4.11. The van der Waals surface area contributed by atoms with Gasteiger partial charge in [-0.25, -0.2) is 9.37 Å². The van der Waals surface area contributed by atoms with Gasteiger partial charge in [-0.3, -0.25) is 4.79 Å². The molecule has 2 aromatic rings. The summed E-state index contributed by atoms with van der Waals surface area (Å²) in [7, 11) is 0. The molecule has 3 heterocycles. The maximum Gasteiger partial charge on any atom is 0.228 e. The van der Waals surface area contributed by atoms with Crippen LogP contribution in [-0.4, -0.2) is 59.2 Å². The van der Waals surface area contributed by atoms with Gasteiger partial charge in [0.15, 0.2) is 0 Å². The molecule has 160 valence electrons. The number of morpholine rings is 1. The Kier molecular flexibility index (Phi) is 6.13. The van der Waals surface area contributed by atoms with Gasteiger partial charge in [-0.2, -0.15) is 4.98 Å². The van der Waals surface area contributed by atoms with Crippen LogP contribution in [0, 0.1) is 11.7 Å². The molecule has 0 spiro atoms. The van der Waals surface area contributed by atoms with Gasteiger partial charge in [0.05, 0.1) is 12.2 Å². The van der Waals surface area contributed by atoms with E-state index in [-0.39, 0.29) is 29.9 Å². The molecule has 0 radical (unpaired) electrons. The van der Waals surface area contributed by atoms with Crippen LogP contribution in [0.25, 0.3) is 0 Å². The Labute approximate surface area is 175 Å². The Morgan fingerprint density at radius 3 is 2.43 bits per heavy atom. The maximum atomic E-state index is 13.1. The number of hydrogen-bond acceptors (Lipinski definition) is 6. The van der Waals surface area contributed by atoms with E-state index in [1.807, 2.05) is 18.7 Å². The van der Waals surface area contributed by atoms with Crippen LogP contribution in [-0.2, 0) is 9.53 Å². The normalized spacial score (nSPS) is 22.8. The minimum Gasteiger partial charge on any atom is -0.439 e. The van der Waals surface area contributed by atoms with Gasteiger partial charge in [-0.1, -0.05) is 0 Å². The third-order valence-corrected chi connectivity index (χ3v) is 5.51. The van der Waals surface area contributed by atoms with E-state index < -0.39 is 0 Å². The molecule has 2 atom stereocenters. The lowest BCUT2D eigenvalue weighted by Crippen LogP contribution is -2.51. The predicted molar refractivity (Wildman–Crippen MR) is 110 cm³/mol. The minimum atomic E-state index is -0.316. The van der Waals surface area contributed by atoms with Crippen molar-refractivity contribution >= 4 is 11.9 Å². The van der Waals surface area contributed by atoms with Crippen LogP contribution in [0.2, 0.25) is 0 Å². The highest BCUT2D eigenvalue weighted by Gasteiger charge is 2.33. The van der Waals surface area contributed by atoms with E-state index in [0.29, 0.717) is 43.8 Å². The van der Waals surface area contributed by atoms with Crippen molar-refractivity contribution in [3.05, 3.63) is 42.3 Å². The summed E-state index contributed by atoms with van der Waals surface area (Å²) >= 11 is 0. The zero-order valence-electron chi connectivity index (χ0n) is 17.3. The standard InChI is InChI=1S/C22H27FN4O3/c1-15-13-27(14-16(2)29-15)21(28)17-8-11-26(12-9-17)22-24-10-7-20(25-22)30-19-5-3-18(23)4-6-19/h3-7,10,15-17H,8-9,11-14H2,1-2H3. The summed E-state index contributed by atoms with van der Waals surface area (Å²) in [5.41, 5.74) is 0. The minimum absolute atomic E-state index is 0.0254. The summed E-state index contributed by atoms with van der Waals surface area (Å²) < 4.78 is 24.5. The van der Waals surface area contributed by atoms with Gasteiger partial charge in [-0.05, 0) is 51.0 Å². The molecule has 0 saturated carbocycles. The molecule has 7 nitrogen and oxygen atoms in total. The molecule has 0 N–H and O–H groups in total. The Hall–Kier alpha value is -2.74. The van der Waals surface area contributed by atoms with Crippen molar-refractivity contribution in [2.45, 2.75) is 38.9 Å². The van der Waals surface area contributed by atoms with E-state index in [1.165, 1.54) is 12.1 Å². The molecule has 4 rings (SSSR count). The first-order valence-electron chi connectivity index (χ1n) is 10.4. The highest BCUT2D eigenvalue weighted by molar-refractivity contribution is 5.79. The Morgan fingerprint density at radius 1 is 1.10 bits per heavy atom. The lowest BCUT2D eigenvalue weighted by Gasteiger charge is -2.39. The first-order chi connectivity index (χ1) is 14.5. The molecule has 2 aliphatic rings. The van der Waals surface area contributed by atoms with Gasteiger partial charge in [0.2, 0.25) is 17.7 Å². The second kappa shape index (κ2) is 8.95. The Balaban J connectivity index is 1.35. The van der Waals surface area contributed by atoms with E-state index in [9.17, 15) is 9.18 Å². The molecular formula is C22H27FN4O3. The summed E-state index contributed by atoms with van der Waals surface area (Å²) in [6, 6.07) is 7.47. The molecule has 2 aliphatic heterocycles. The lowest BCUT2D eigenvalue weighted by molar-refractivity contribution is -0.148. The number of carbonyl (C=O) groups excluding carboxylic acids is 1. The quantitative estimate of drug-likeness (QED) is 0.765. The lowest BCUT2D eigenvalue weighted by atomic mass is 9.95. The summed E-state index contributed by atoms with van der Waals surface area (Å²) in [5.74, 6) is 1.43. The number of amides is 1. The number of piperidine rings is 1. The van der Waals surface area contributed by atoms with Crippen LogP contribution in [0.5, 0.6) is 11.6 Å². The van der Waals surface area contributed by atoms with Crippen LogP contribution in [0.1, 0.15) is 26.7 Å². The number of nitrogens with zero attached hydrogens (tertiary/aromatic N) is 4. The van der Waals surface area contributed by atoms with Crippen LogP contribution < -0.4 is 9.64 Å². The van der Waals surface area contributed by atoms with Crippen molar-refractivity contribution in [3.8, 4) is 11.6 Å². The SMILES string of the molecule is CC1CN(C(=O)C2CCN(c3nccc(Oc4ccc(F)cc4)n3)CC2)CC(C)O1. The molecule has 1 aromatic heterocycles. The van der Waals surface area contributed by atoms with Crippen molar-refractivity contribution in [3.63, 3.8) is 0 Å². The average Bonchev–Trinajstić information content (AvgIpc) is 2.74. The molecule has 1 amide bonds. The van der Waals surface area contributed by atoms with Gasteiger partial charge in [-0.15, -0.1) is 0 Å². The first kappa shape index (κ1) is 20.5. The molecule has 2 unspecified atom stereocenters. The second-order valence-electron chi connectivity index (χ2n) is 8.01. The fraction of sp³-hybridized carbons (Fsp3) is 0.500. The van der Waals surface area contributed by atoms with Crippen molar-refractivity contribution in [1.29, 1.82) is 0 Å². The highest BCUT2D eigenvalue weighted by Crippen LogP contribution is 2.26. The molecular weight excluding hydrogens is 387 g/mol. The summed E-state index contributed by atoms with van der Waals surface area (Å²) in [6.45, 7) is 6.77. The smallest absolute Gasteiger partial charge is 0.228 e. The van der Waals surface area contributed by atoms with Crippen molar-refractivity contribution < 1.29 is 18.7 Å². The van der Waals surface area contributed by atoms with E-state index >= 15 is 0 Å². The van der Waals surface area contributed by atoms with E-state index in [1.54, 1.807) is 24.4 Å². The Morgan fingerprint density at radius 2 is 1.77 bits per heavy atom. The summed E-state index contributed by atoms with van der Waals surface area (Å²) in [5, 5.41) is 0. The van der Waals surface area contributed by atoms with Gasteiger partial charge in [0.1, 0.15) is 11.6 Å². The predicted octanol–water partition coefficient (Wildman–Crippen LogP) is 3.26. The number of rotatable bonds is 4. The van der Waals surface area contributed by atoms with Crippen LogP contribution in [0.4, 0.5) is 10.3 Å². The van der Waals surface area contributed by atoms with Crippen LogP contribution in [0.3, 0.4) is 0 Å². The fourth-order valence-corrected chi connectivity index (χ4v) is 4.11. The van der Waals surface area contributed by atoms with Crippen LogP contribution in [0.15, 0.2) is 36.5 Å². The zero-order valence-corrected chi connectivity index (χ0v) is 17.3. The first-order valence-corrected chi connectivity index (χ1v) is 10.4. The number of benzene rings is 1.